The van der Waals surface area contributed by atoms with E-state index in [4.69, 9.17) is 4.84 Å². The van der Waals surface area contributed by atoms with Crippen LogP contribution in [-0.4, -0.2) is 30.5 Å². The summed E-state index contributed by atoms with van der Waals surface area (Å²) >= 11 is 1.69. The summed E-state index contributed by atoms with van der Waals surface area (Å²) in [6.07, 6.45) is 3.22. The highest BCUT2D eigenvalue weighted by Gasteiger charge is 2.09. The molecular weight excluding hydrogens is 200 g/mol. The van der Waals surface area contributed by atoms with E-state index in [1.807, 2.05) is 5.41 Å². The van der Waals surface area contributed by atoms with Gasteiger partial charge in [-0.3, -0.25) is 9.63 Å². The molecule has 0 fully saturated rings. The summed E-state index contributed by atoms with van der Waals surface area (Å²) in [6.45, 7) is 2.06. The zero-order valence-corrected chi connectivity index (χ0v) is 9.30. The van der Waals surface area contributed by atoms with Crippen molar-refractivity contribution in [2.24, 2.45) is 0 Å². The lowest BCUT2D eigenvalue weighted by Gasteiger charge is -2.10. The molecule has 0 aromatic rings. The zero-order valence-electron chi connectivity index (χ0n) is 8.48. The Kier molecular flexibility index (Phi) is 4.03. The molecule has 0 spiro atoms. The number of hydroxylamine groups is 2. The number of nitrogens with one attached hydrogen (secondary N) is 1. The Morgan fingerprint density at radius 1 is 1.79 bits per heavy atom. The number of amides is 1. The predicted molar refractivity (Wildman–Crippen MR) is 57.2 cm³/mol. The van der Waals surface area contributed by atoms with E-state index in [-0.39, 0.29) is 5.91 Å². The molecular formula is C9H14N2O2S. The summed E-state index contributed by atoms with van der Waals surface area (Å²) in [5.41, 5.74) is 0.959. The van der Waals surface area contributed by atoms with Gasteiger partial charge in [0, 0.05) is 18.8 Å². The Morgan fingerprint density at radius 2 is 2.50 bits per heavy atom. The predicted octanol–water partition coefficient (Wildman–Crippen LogP) is 1.09. The van der Waals surface area contributed by atoms with Gasteiger partial charge in [0.15, 0.2) is 0 Å². The van der Waals surface area contributed by atoms with Crippen molar-refractivity contribution in [2.75, 3.05) is 14.2 Å². The molecule has 1 amide bonds. The lowest BCUT2D eigenvalue weighted by Crippen LogP contribution is -2.23. The van der Waals surface area contributed by atoms with E-state index in [1.165, 1.54) is 18.2 Å². The van der Waals surface area contributed by atoms with Gasteiger partial charge in [-0.05, 0) is 18.4 Å². The number of rotatable bonds is 3. The molecule has 0 aromatic carbocycles. The molecule has 0 aliphatic carbocycles. The summed E-state index contributed by atoms with van der Waals surface area (Å²) in [5, 5.41) is 6.73. The third-order valence-electron chi connectivity index (χ3n) is 1.76. The summed E-state index contributed by atoms with van der Waals surface area (Å²) in [4.78, 5) is 16.0. The Hall–Kier alpha value is -0.940. The fraction of sp³-hybridized carbons (Fsp3) is 0.444. The number of nitrogens with zero attached hydrogens (tertiary/aromatic N) is 1. The molecule has 1 N–H and O–H groups in total. The molecule has 0 radical (unpaired) electrons. The van der Waals surface area contributed by atoms with E-state index in [0.717, 1.165) is 5.70 Å². The molecule has 0 aromatic heterocycles. The molecule has 1 aliphatic rings. The maximum absolute atomic E-state index is 11.3. The molecule has 1 rings (SSSR count). The van der Waals surface area contributed by atoms with E-state index in [2.05, 4.69) is 12.2 Å². The molecule has 1 heterocycles. The van der Waals surface area contributed by atoms with Gasteiger partial charge in [-0.2, -0.15) is 0 Å². The van der Waals surface area contributed by atoms with E-state index < -0.39 is 0 Å². The molecule has 4 nitrogen and oxygen atoms in total. The van der Waals surface area contributed by atoms with Crippen LogP contribution in [0.4, 0.5) is 0 Å². The van der Waals surface area contributed by atoms with Crippen LogP contribution in [0, 0.1) is 0 Å². The molecule has 0 saturated heterocycles. The summed E-state index contributed by atoms with van der Waals surface area (Å²) in [5.74, 6) is -0.181. The highest BCUT2D eigenvalue weighted by Crippen LogP contribution is 2.20. The van der Waals surface area contributed by atoms with E-state index >= 15 is 0 Å². The molecule has 78 valence electrons. The number of allylic oxidation sites excluding steroid dienone is 1. The molecule has 1 atom stereocenters. The van der Waals surface area contributed by atoms with E-state index in [1.54, 1.807) is 24.9 Å². The van der Waals surface area contributed by atoms with Gasteiger partial charge in [0.2, 0.25) is 0 Å². The second kappa shape index (κ2) is 5.07. The van der Waals surface area contributed by atoms with Crippen LogP contribution < -0.4 is 5.32 Å². The third-order valence-corrected chi connectivity index (χ3v) is 2.67. The van der Waals surface area contributed by atoms with Gasteiger partial charge in [0.1, 0.15) is 0 Å². The summed E-state index contributed by atoms with van der Waals surface area (Å²) in [6, 6.07) is 0. The second-order valence-corrected chi connectivity index (χ2v) is 4.06. The largest absolute Gasteiger partial charge is 0.373 e. The van der Waals surface area contributed by atoms with Gasteiger partial charge < -0.3 is 5.32 Å². The van der Waals surface area contributed by atoms with E-state index in [9.17, 15) is 4.79 Å². The minimum Gasteiger partial charge on any atom is -0.373 e. The van der Waals surface area contributed by atoms with Crippen molar-refractivity contribution in [1.82, 2.24) is 10.4 Å². The Balaban J connectivity index is 2.44. The van der Waals surface area contributed by atoms with Crippen LogP contribution in [0.3, 0.4) is 0 Å². The average Bonchev–Trinajstić information content (AvgIpc) is 2.59. The average molecular weight is 214 g/mol. The van der Waals surface area contributed by atoms with Crippen molar-refractivity contribution >= 4 is 17.7 Å². The van der Waals surface area contributed by atoms with Crippen molar-refractivity contribution in [2.45, 2.75) is 12.3 Å². The number of likely N-dealkylation sites (N-methyl/N-ethyl adjacent to an activating group) is 1. The summed E-state index contributed by atoms with van der Waals surface area (Å²) < 4.78 is 0. The van der Waals surface area contributed by atoms with Gasteiger partial charge in [0.25, 0.3) is 5.91 Å². The molecule has 1 unspecified atom stereocenters. The molecule has 14 heavy (non-hydrogen) atoms. The highest BCUT2D eigenvalue weighted by molar-refractivity contribution is 8.02. The Morgan fingerprint density at radius 3 is 3.00 bits per heavy atom. The summed E-state index contributed by atoms with van der Waals surface area (Å²) in [7, 11) is 3.03. The number of thioether (sulfide) groups is 1. The third kappa shape index (κ3) is 3.08. The van der Waals surface area contributed by atoms with Crippen molar-refractivity contribution in [1.29, 1.82) is 0 Å². The number of carbonyl (C=O) groups excluding carboxylic acids is 1. The molecule has 1 aliphatic heterocycles. The molecule has 5 heteroatoms. The Labute approximate surface area is 87.9 Å². The van der Waals surface area contributed by atoms with Gasteiger partial charge in [-0.15, -0.1) is 11.8 Å². The maximum Gasteiger partial charge on any atom is 0.269 e. The van der Waals surface area contributed by atoms with Crippen LogP contribution in [0.1, 0.15) is 6.92 Å². The van der Waals surface area contributed by atoms with Crippen molar-refractivity contribution in [3.8, 4) is 0 Å². The van der Waals surface area contributed by atoms with Gasteiger partial charge >= 0.3 is 0 Å². The minimum absolute atomic E-state index is 0.181. The highest BCUT2D eigenvalue weighted by atomic mass is 32.2. The smallest absolute Gasteiger partial charge is 0.269 e. The van der Waals surface area contributed by atoms with Crippen LogP contribution in [0.15, 0.2) is 23.3 Å². The van der Waals surface area contributed by atoms with Gasteiger partial charge in [-0.1, -0.05) is 0 Å². The number of hydrogen-bond acceptors (Lipinski definition) is 4. The van der Waals surface area contributed by atoms with Crippen LogP contribution in [0.25, 0.3) is 0 Å². The first-order valence-electron chi connectivity index (χ1n) is 4.25. The van der Waals surface area contributed by atoms with Crippen LogP contribution in [0.2, 0.25) is 0 Å². The van der Waals surface area contributed by atoms with Crippen molar-refractivity contribution < 1.29 is 9.63 Å². The minimum atomic E-state index is -0.181. The monoisotopic (exact) mass is 214 g/mol. The number of carbonyl (C=O) groups is 1. The quantitative estimate of drug-likeness (QED) is 0.564. The first-order chi connectivity index (χ1) is 6.63. The van der Waals surface area contributed by atoms with Crippen LogP contribution >= 0.6 is 11.8 Å². The normalized spacial score (nSPS) is 20.8. The fourth-order valence-corrected chi connectivity index (χ4v) is 1.62. The fourth-order valence-electron chi connectivity index (χ4n) is 0.922. The topological polar surface area (TPSA) is 41.6 Å². The zero-order chi connectivity index (χ0) is 10.6. The molecule has 0 bridgehead atoms. The van der Waals surface area contributed by atoms with Crippen molar-refractivity contribution in [3.05, 3.63) is 23.3 Å². The van der Waals surface area contributed by atoms with Crippen LogP contribution in [-0.2, 0) is 9.63 Å². The van der Waals surface area contributed by atoms with Gasteiger partial charge in [0.05, 0.1) is 12.5 Å². The SMILES string of the molecule is CON(C)C(=O)/C=C/C1=CSC(C)N1. The lowest BCUT2D eigenvalue weighted by atomic mass is 10.4. The standard InChI is InChI=1S/C9H14N2O2S/c1-7-10-8(6-14-7)4-5-9(12)11(2)13-3/h4-7,10H,1-3H3/b5-4+. The first-order valence-corrected chi connectivity index (χ1v) is 5.20. The van der Waals surface area contributed by atoms with Crippen molar-refractivity contribution in [3.63, 3.8) is 0 Å². The van der Waals surface area contributed by atoms with E-state index in [0.29, 0.717) is 5.37 Å². The Bertz CT molecular complexity index is 276. The first kappa shape index (κ1) is 11.1. The van der Waals surface area contributed by atoms with Gasteiger partial charge in [-0.25, -0.2) is 5.06 Å². The maximum atomic E-state index is 11.3. The molecule has 0 saturated carbocycles. The second-order valence-electron chi connectivity index (χ2n) is 2.85. The number of hydrogen-bond donors (Lipinski definition) is 1. The lowest BCUT2D eigenvalue weighted by molar-refractivity contribution is -0.162. The van der Waals surface area contributed by atoms with Crippen LogP contribution in [0.5, 0.6) is 0 Å².